The van der Waals surface area contributed by atoms with E-state index < -0.39 is 7.14 Å². The first-order valence-electron chi connectivity index (χ1n) is 12.1. The largest absolute Gasteiger partial charge is 0.377 e. The van der Waals surface area contributed by atoms with Gasteiger partial charge >= 0.3 is 0 Å². The summed E-state index contributed by atoms with van der Waals surface area (Å²) in [6.07, 6.45) is 6.00. The third-order valence-electron chi connectivity index (χ3n) is 6.97. The number of ether oxygens (including phenoxy) is 2. The molecule has 0 radical (unpaired) electrons. The Balaban J connectivity index is 1.73. The summed E-state index contributed by atoms with van der Waals surface area (Å²) >= 11 is 2.25. The minimum Gasteiger partial charge on any atom is -0.377 e. The summed E-state index contributed by atoms with van der Waals surface area (Å²) in [6, 6.07) is 4.19. The maximum absolute atomic E-state index is 14.1. The molecule has 3 aromatic heterocycles. The summed E-state index contributed by atoms with van der Waals surface area (Å²) in [4.78, 5) is 7.19. The summed E-state index contributed by atoms with van der Waals surface area (Å²) in [5.74, 6) is 1.52. The SMILES string of the molecule is CCP(=O)(CC)c1cc(N2CCOC[C@H]2C)nn2c(-c3ccnn3C3CCCCO3)nc(I)c12. The average Bonchev–Trinajstić information content (AvgIpc) is 3.48. The van der Waals surface area contributed by atoms with Crippen molar-refractivity contribution in [1.82, 2.24) is 24.4 Å². The van der Waals surface area contributed by atoms with Gasteiger partial charge in [0.05, 0.1) is 19.3 Å². The maximum Gasteiger partial charge on any atom is 0.181 e. The Morgan fingerprint density at radius 2 is 2.06 bits per heavy atom. The Morgan fingerprint density at radius 3 is 2.76 bits per heavy atom. The fraction of sp³-hybridized carbons (Fsp3) is 0.609. The molecule has 0 saturated carbocycles. The fourth-order valence-electron chi connectivity index (χ4n) is 4.91. The first-order chi connectivity index (χ1) is 16.5. The highest BCUT2D eigenvalue weighted by Crippen LogP contribution is 2.46. The number of hydrogen-bond acceptors (Lipinski definition) is 7. The average molecular weight is 598 g/mol. The zero-order valence-corrected chi connectivity index (χ0v) is 23.0. The van der Waals surface area contributed by atoms with Gasteiger partial charge < -0.3 is 18.9 Å². The maximum atomic E-state index is 14.1. The molecule has 2 fully saturated rings. The number of aromatic nitrogens is 5. The summed E-state index contributed by atoms with van der Waals surface area (Å²) in [5, 5.41) is 10.5. The molecule has 0 bridgehead atoms. The first-order valence-corrected chi connectivity index (χ1v) is 15.3. The van der Waals surface area contributed by atoms with E-state index in [0.29, 0.717) is 31.4 Å². The highest BCUT2D eigenvalue weighted by Gasteiger charge is 2.31. The molecule has 5 rings (SSSR count). The van der Waals surface area contributed by atoms with Crippen molar-refractivity contribution >= 4 is 46.4 Å². The lowest BCUT2D eigenvalue weighted by molar-refractivity contribution is -0.0384. The second kappa shape index (κ2) is 9.87. The van der Waals surface area contributed by atoms with E-state index >= 15 is 0 Å². The predicted molar refractivity (Wildman–Crippen MR) is 142 cm³/mol. The van der Waals surface area contributed by atoms with Crippen molar-refractivity contribution in [2.45, 2.75) is 52.3 Å². The minimum absolute atomic E-state index is 0.108. The number of hydrogen-bond donors (Lipinski definition) is 0. The molecule has 2 aliphatic heterocycles. The third kappa shape index (κ3) is 4.20. The van der Waals surface area contributed by atoms with E-state index in [1.54, 1.807) is 6.20 Å². The lowest BCUT2D eigenvalue weighted by Crippen LogP contribution is -2.44. The molecule has 0 amide bonds. The Kier molecular flexibility index (Phi) is 7.03. The number of morpholine rings is 1. The molecule has 5 heterocycles. The molecule has 3 aromatic rings. The topological polar surface area (TPSA) is 86.8 Å². The van der Waals surface area contributed by atoms with Crippen LogP contribution < -0.4 is 10.2 Å². The molecule has 2 atom stereocenters. The number of nitrogens with zero attached hydrogens (tertiary/aromatic N) is 6. The van der Waals surface area contributed by atoms with Crippen LogP contribution in [0, 0.1) is 3.70 Å². The van der Waals surface area contributed by atoms with Gasteiger partial charge in [0.15, 0.2) is 17.9 Å². The van der Waals surface area contributed by atoms with Gasteiger partial charge in [0.2, 0.25) is 0 Å². The number of imidazole rings is 1. The summed E-state index contributed by atoms with van der Waals surface area (Å²) in [6.45, 7) is 8.94. The van der Waals surface area contributed by atoms with Gasteiger partial charge in [-0.1, -0.05) is 13.8 Å². The molecular weight excluding hydrogens is 566 g/mol. The van der Waals surface area contributed by atoms with E-state index in [0.717, 1.165) is 58.4 Å². The molecule has 2 aliphatic rings. The number of fused-ring (bicyclic) bond motifs is 1. The smallest absolute Gasteiger partial charge is 0.181 e. The first kappa shape index (κ1) is 24.2. The van der Waals surface area contributed by atoms with Crippen molar-refractivity contribution in [1.29, 1.82) is 0 Å². The van der Waals surface area contributed by atoms with Crippen molar-refractivity contribution in [3.8, 4) is 11.5 Å². The summed E-state index contributed by atoms with van der Waals surface area (Å²) < 4.78 is 30.4. The summed E-state index contributed by atoms with van der Waals surface area (Å²) in [5.41, 5.74) is 1.70. The highest BCUT2D eigenvalue weighted by atomic mass is 127. The van der Waals surface area contributed by atoms with Gasteiger partial charge in [-0.15, -0.1) is 5.10 Å². The molecule has 2 saturated heterocycles. The van der Waals surface area contributed by atoms with E-state index in [2.05, 4.69) is 39.5 Å². The number of rotatable bonds is 6. The Hall–Kier alpha value is -1.49. The van der Waals surface area contributed by atoms with Gasteiger partial charge in [0, 0.05) is 37.0 Å². The fourth-order valence-corrected chi connectivity index (χ4v) is 7.93. The highest BCUT2D eigenvalue weighted by molar-refractivity contribution is 14.1. The molecule has 184 valence electrons. The Bertz CT molecular complexity index is 1210. The van der Waals surface area contributed by atoms with Crippen LogP contribution >= 0.6 is 29.7 Å². The standard InChI is InChI=1S/C23H32IN6O3P/c1-4-34(31,5-2)18-14-19(28-11-13-32-15-16(28)3)27-30-21(18)22(24)26-23(30)17-9-10-25-29(17)20-8-6-7-12-33-20/h9-10,14,16,20H,4-8,11-13,15H2,1-3H3/t16-,20?/m1/s1. The van der Waals surface area contributed by atoms with Crippen molar-refractivity contribution in [2.24, 2.45) is 0 Å². The second-order valence-electron chi connectivity index (χ2n) is 9.00. The van der Waals surface area contributed by atoms with Gasteiger partial charge in [-0.05, 0) is 60.9 Å². The van der Waals surface area contributed by atoms with Crippen molar-refractivity contribution < 1.29 is 14.0 Å². The molecule has 34 heavy (non-hydrogen) atoms. The molecule has 0 aliphatic carbocycles. The zero-order chi connectivity index (χ0) is 23.9. The third-order valence-corrected chi connectivity index (χ3v) is 11.0. The van der Waals surface area contributed by atoms with E-state index in [4.69, 9.17) is 19.6 Å². The van der Waals surface area contributed by atoms with Crippen LogP contribution in [0.25, 0.3) is 17.0 Å². The van der Waals surface area contributed by atoms with Gasteiger partial charge in [0.25, 0.3) is 0 Å². The Morgan fingerprint density at radius 1 is 1.24 bits per heavy atom. The molecule has 1 unspecified atom stereocenters. The van der Waals surface area contributed by atoms with Crippen LogP contribution in [0.5, 0.6) is 0 Å². The normalized spacial score (nSPS) is 21.9. The lowest BCUT2D eigenvalue weighted by Gasteiger charge is -2.34. The van der Waals surface area contributed by atoms with Crippen LogP contribution in [0.3, 0.4) is 0 Å². The van der Waals surface area contributed by atoms with Gasteiger partial charge in [0.1, 0.15) is 22.1 Å². The predicted octanol–water partition coefficient (Wildman–Crippen LogP) is 4.15. The van der Waals surface area contributed by atoms with Crippen LogP contribution in [0.1, 0.15) is 46.3 Å². The van der Waals surface area contributed by atoms with Crippen LogP contribution in [0.15, 0.2) is 18.3 Å². The molecule has 0 N–H and O–H groups in total. The zero-order valence-electron chi connectivity index (χ0n) is 20.0. The van der Waals surface area contributed by atoms with Gasteiger partial charge in [-0.25, -0.2) is 14.2 Å². The quantitative estimate of drug-likeness (QED) is 0.312. The molecule has 0 aromatic carbocycles. The molecular formula is C23H32IN6O3P. The number of halogens is 1. The van der Waals surface area contributed by atoms with Crippen LogP contribution in [0.2, 0.25) is 0 Å². The van der Waals surface area contributed by atoms with Crippen LogP contribution in [-0.2, 0) is 14.0 Å². The van der Waals surface area contributed by atoms with E-state index in [1.165, 1.54) is 0 Å². The monoisotopic (exact) mass is 598 g/mol. The van der Waals surface area contributed by atoms with Crippen molar-refractivity contribution in [3.05, 3.63) is 22.0 Å². The van der Waals surface area contributed by atoms with Crippen molar-refractivity contribution in [2.75, 3.05) is 43.6 Å². The van der Waals surface area contributed by atoms with E-state index in [9.17, 15) is 4.57 Å². The summed E-state index contributed by atoms with van der Waals surface area (Å²) in [7, 11) is -2.62. The second-order valence-corrected chi connectivity index (χ2v) is 13.5. The molecule has 11 heteroatoms. The molecule has 9 nitrogen and oxygen atoms in total. The molecule has 0 spiro atoms. The Labute approximate surface area is 213 Å². The minimum atomic E-state index is -2.62. The van der Waals surface area contributed by atoms with Crippen LogP contribution in [-0.4, -0.2) is 69.1 Å². The van der Waals surface area contributed by atoms with E-state index in [-0.39, 0.29) is 12.3 Å². The van der Waals surface area contributed by atoms with Gasteiger partial charge in [-0.2, -0.15) is 5.10 Å². The van der Waals surface area contributed by atoms with Crippen LogP contribution in [0.4, 0.5) is 5.82 Å². The number of anilines is 1. The van der Waals surface area contributed by atoms with E-state index in [1.807, 2.05) is 35.2 Å². The van der Waals surface area contributed by atoms with Crippen molar-refractivity contribution in [3.63, 3.8) is 0 Å². The lowest BCUT2D eigenvalue weighted by atomic mass is 10.2. The van der Waals surface area contributed by atoms with Gasteiger partial charge in [-0.3, -0.25) is 0 Å².